The van der Waals surface area contributed by atoms with Crippen LogP contribution in [-0.4, -0.2) is 18.3 Å². The maximum absolute atomic E-state index is 13.2. The summed E-state index contributed by atoms with van der Waals surface area (Å²) in [5, 5.41) is 8.91. The highest BCUT2D eigenvalue weighted by Gasteiger charge is 2.34. The standard InChI is InChI=1S/C9H6ClF2NO3/c1-16-8-3-6(10)5(2-7(8)15)9(11,12)13-4-14/h2-3,15H,1H3. The minimum Gasteiger partial charge on any atom is -0.504 e. The van der Waals surface area contributed by atoms with Gasteiger partial charge in [0.15, 0.2) is 11.5 Å². The van der Waals surface area contributed by atoms with E-state index < -0.39 is 17.4 Å². The number of hydrogen-bond acceptors (Lipinski definition) is 4. The second kappa shape index (κ2) is 4.47. The van der Waals surface area contributed by atoms with Crippen LogP contribution in [0.2, 0.25) is 5.02 Å². The molecule has 0 bridgehead atoms. The number of phenols is 1. The SMILES string of the molecule is COc1cc(Cl)c(C(F)(F)N=C=O)cc1O. The van der Waals surface area contributed by atoms with E-state index in [1.54, 1.807) is 0 Å². The van der Waals surface area contributed by atoms with Crippen molar-refractivity contribution in [3.05, 3.63) is 22.7 Å². The highest BCUT2D eigenvalue weighted by atomic mass is 35.5. The molecule has 0 aromatic heterocycles. The summed E-state index contributed by atoms with van der Waals surface area (Å²) < 4.78 is 31.0. The summed E-state index contributed by atoms with van der Waals surface area (Å²) in [6, 6.07) is -2.15. The van der Waals surface area contributed by atoms with Gasteiger partial charge in [-0.25, -0.2) is 4.79 Å². The number of benzene rings is 1. The van der Waals surface area contributed by atoms with Crippen LogP contribution < -0.4 is 4.74 Å². The van der Waals surface area contributed by atoms with Crippen LogP contribution in [-0.2, 0) is 10.8 Å². The molecule has 0 heterocycles. The molecule has 0 aliphatic carbocycles. The summed E-state index contributed by atoms with van der Waals surface area (Å²) in [6.45, 7) is 0. The van der Waals surface area contributed by atoms with Gasteiger partial charge in [-0.15, -0.1) is 4.99 Å². The Labute approximate surface area is 94.1 Å². The molecule has 0 saturated carbocycles. The van der Waals surface area contributed by atoms with E-state index >= 15 is 0 Å². The van der Waals surface area contributed by atoms with Crippen molar-refractivity contribution in [2.45, 2.75) is 6.05 Å². The highest BCUT2D eigenvalue weighted by molar-refractivity contribution is 6.31. The molecule has 0 spiro atoms. The first kappa shape index (κ1) is 12.4. The normalized spacial score (nSPS) is 10.8. The molecule has 0 amide bonds. The molecule has 1 rings (SSSR count). The fourth-order valence-corrected chi connectivity index (χ4v) is 1.32. The van der Waals surface area contributed by atoms with Crippen molar-refractivity contribution in [2.24, 2.45) is 4.99 Å². The first-order chi connectivity index (χ1) is 7.42. The number of methoxy groups -OCH3 is 1. The van der Waals surface area contributed by atoms with Crippen LogP contribution >= 0.6 is 11.6 Å². The zero-order chi connectivity index (χ0) is 12.3. The minimum atomic E-state index is -3.83. The van der Waals surface area contributed by atoms with Gasteiger partial charge in [-0.3, -0.25) is 0 Å². The number of hydrogen-bond donors (Lipinski definition) is 1. The lowest BCUT2D eigenvalue weighted by atomic mass is 10.1. The molecule has 1 aromatic carbocycles. The zero-order valence-electron chi connectivity index (χ0n) is 8.00. The Morgan fingerprint density at radius 3 is 2.69 bits per heavy atom. The van der Waals surface area contributed by atoms with Crippen LogP contribution in [0, 0.1) is 0 Å². The van der Waals surface area contributed by atoms with E-state index in [2.05, 4.69) is 9.73 Å². The first-order valence-corrected chi connectivity index (χ1v) is 4.34. The van der Waals surface area contributed by atoms with Crippen molar-refractivity contribution in [1.29, 1.82) is 0 Å². The van der Waals surface area contributed by atoms with Gasteiger partial charge in [0.2, 0.25) is 6.08 Å². The van der Waals surface area contributed by atoms with Gasteiger partial charge in [-0.1, -0.05) is 11.6 Å². The molecular weight excluding hydrogens is 244 g/mol. The average Bonchev–Trinajstić information content (AvgIpc) is 2.20. The van der Waals surface area contributed by atoms with Crippen LogP contribution in [0.1, 0.15) is 5.56 Å². The van der Waals surface area contributed by atoms with Gasteiger partial charge in [0, 0.05) is 6.07 Å². The number of isocyanates is 1. The summed E-state index contributed by atoms with van der Waals surface area (Å²) in [5.41, 5.74) is -0.796. The van der Waals surface area contributed by atoms with E-state index in [1.807, 2.05) is 0 Å². The third kappa shape index (κ3) is 2.29. The lowest BCUT2D eigenvalue weighted by molar-refractivity contribution is 0.00603. The van der Waals surface area contributed by atoms with E-state index in [-0.39, 0.29) is 10.8 Å². The van der Waals surface area contributed by atoms with Crippen molar-refractivity contribution in [1.82, 2.24) is 0 Å². The smallest absolute Gasteiger partial charge is 0.380 e. The summed E-state index contributed by atoms with van der Waals surface area (Å²) in [6.07, 6.45) is 0.735. The van der Waals surface area contributed by atoms with Crippen molar-refractivity contribution in [2.75, 3.05) is 7.11 Å². The topological polar surface area (TPSA) is 58.9 Å². The summed E-state index contributed by atoms with van der Waals surface area (Å²) in [7, 11) is 1.24. The molecule has 16 heavy (non-hydrogen) atoms. The minimum absolute atomic E-state index is 0.0559. The number of phenolic OH excluding ortho intramolecular Hbond substituents is 1. The van der Waals surface area contributed by atoms with Crippen LogP contribution in [0.25, 0.3) is 0 Å². The third-order valence-electron chi connectivity index (χ3n) is 1.78. The van der Waals surface area contributed by atoms with Gasteiger partial charge in [0.05, 0.1) is 17.7 Å². The number of halogens is 3. The predicted octanol–water partition coefficient (Wildman–Crippen LogP) is 2.44. The Balaban J connectivity index is 3.36. The maximum Gasteiger partial charge on any atom is 0.380 e. The average molecular weight is 250 g/mol. The number of ether oxygens (including phenoxy) is 1. The molecular formula is C9H6ClF2NO3. The van der Waals surface area contributed by atoms with Gasteiger partial charge in [0.25, 0.3) is 0 Å². The Morgan fingerprint density at radius 2 is 2.19 bits per heavy atom. The van der Waals surface area contributed by atoms with E-state index in [9.17, 15) is 18.7 Å². The summed E-state index contributed by atoms with van der Waals surface area (Å²) in [4.78, 5) is 12.1. The fraction of sp³-hybridized carbons (Fsp3) is 0.222. The van der Waals surface area contributed by atoms with E-state index in [1.165, 1.54) is 7.11 Å². The van der Waals surface area contributed by atoms with Crippen molar-refractivity contribution < 1.29 is 23.4 Å². The van der Waals surface area contributed by atoms with Gasteiger partial charge >= 0.3 is 6.05 Å². The monoisotopic (exact) mass is 249 g/mol. The third-order valence-corrected chi connectivity index (χ3v) is 2.09. The van der Waals surface area contributed by atoms with Gasteiger partial charge in [-0.2, -0.15) is 8.78 Å². The van der Waals surface area contributed by atoms with Crippen molar-refractivity contribution >= 4 is 17.7 Å². The molecule has 0 unspecified atom stereocenters. The zero-order valence-corrected chi connectivity index (χ0v) is 8.76. The van der Waals surface area contributed by atoms with Gasteiger partial charge in [-0.05, 0) is 6.07 Å². The molecule has 86 valence electrons. The lowest BCUT2D eigenvalue weighted by Gasteiger charge is -2.13. The number of rotatable bonds is 3. The molecule has 7 heteroatoms. The summed E-state index contributed by atoms with van der Waals surface area (Å²) >= 11 is 5.54. The first-order valence-electron chi connectivity index (χ1n) is 3.96. The second-order valence-electron chi connectivity index (χ2n) is 2.75. The quantitative estimate of drug-likeness (QED) is 0.508. The molecule has 1 aromatic rings. The second-order valence-corrected chi connectivity index (χ2v) is 3.16. The van der Waals surface area contributed by atoms with Crippen LogP contribution in [0.4, 0.5) is 8.78 Å². The lowest BCUT2D eigenvalue weighted by Crippen LogP contribution is -2.10. The Kier molecular flexibility index (Phi) is 3.47. The molecule has 0 aliphatic rings. The molecule has 4 nitrogen and oxygen atoms in total. The van der Waals surface area contributed by atoms with E-state index in [0.717, 1.165) is 12.1 Å². The largest absolute Gasteiger partial charge is 0.504 e. The van der Waals surface area contributed by atoms with Crippen LogP contribution in [0.5, 0.6) is 11.5 Å². The number of carbonyl (C=O) groups excluding carboxylic acids is 1. The Hall–Kier alpha value is -1.65. The van der Waals surface area contributed by atoms with Gasteiger partial charge < -0.3 is 9.84 Å². The molecule has 0 radical (unpaired) electrons. The van der Waals surface area contributed by atoms with Crippen molar-refractivity contribution in [3.63, 3.8) is 0 Å². The van der Waals surface area contributed by atoms with Gasteiger partial charge in [0.1, 0.15) is 0 Å². The highest BCUT2D eigenvalue weighted by Crippen LogP contribution is 2.40. The molecule has 0 atom stereocenters. The molecule has 0 saturated heterocycles. The number of alkyl halides is 2. The molecule has 0 aliphatic heterocycles. The predicted molar refractivity (Wildman–Crippen MR) is 51.7 cm³/mol. The summed E-state index contributed by atoms with van der Waals surface area (Å²) in [5.74, 6) is -0.581. The van der Waals surface area contributed by atoms with E-state index in [4.69, 9.17) is 11.6 Å². The van der Waals surface area contributed by atoms with Crippen LogP contribution in [0.15, 0.2) is 17.1 Å². The molecule has 0 fully saturated rings. The number of nitrogens with zero attached hydrogens (tertiary/aromatic N) is 1. The number of aliphatic imine (C=N–C) groups is 1. The Morgan fingerprint density at radius 1 is 1.56 bits per heavy atom. The Bertz CT molecular complexity index is 458. The van der Waals surface area contributed by atoms with Crippen molar-refractivity contribution in [3.8, 4) is 11.5 Å². The number of aromatic hydroxyl groups is 1. The fourth-order valence-electron chi connectivity index (χ4n) is 1.06. The maximum atomic E-state index is 13.2. The molecule has 1 N–H and O–H groups in total. The van der Waals surface area contributed by atoms with E-state index in [0.29, 0.717) is 6.07 Å². The van der Waals surface area contributed by atoms with Crippen LogP contribution in [0.3, 0.4) is 0 Å².